The van der Waals surface area contributed by atoms with Gasteiger partial charge in [0, 0.05) is 11.1 Å². The molecule has 0 aromatic heterocycles. The molecule has 0 aliphatic carbocycles. The second kappa shape index (κ2) is 11.9. The van der Waals surface area contributed by atoms with Crippen LogP contribution < -0.4 is 0 Å². The van der Waals surface area contributed by atoms with Crippen molar-refractivity contribution < 1.29 is 29.7 Å². The summed E-state index contributed by atoms with van der Waals surface area (Å²) in [5.41, 5.74) is 0.352. The number of carboxylic acids is 2. The van der Waals surface area contributed by atoms with Crippen molar-refractivity contribution in [1.29, 1.82) is 0 Å². The van der Waals surface area contributed by atoms with Gasteiger partial charge in [-0.15, -0.1) is 0 Å². The first kappa shape index (κ1) is 18.6. The Balaban J connectivity index is -0.000000153. The summed E-state index contributed by atoms with van der Waals surface area (Å²) in [6, 6.07) is 0. The first-order valence-corrected chi connectivity index (χ1v) is 3.56. The molecule has 0 saturated carbocycles. The van der Waals surface area contributed by atoms with Crippen LogP contribution in [0.4, 0.5) is 0 Å². The summed E-state index contributed by atoms with van der Waals surface area (Å²) < 4.78 is 0. The lowest BCUT2D eigenvalue weighted by molar-refractivity contribution is -0.133. The topological polar surface area (TPSA) is 112 Å². The first-order chi connectivity index (χ1) is 6.70. The molecule has 0 atom stereocenters. The van der Waals surface area contributed by atoms with Crippen molar-refractivity contribution in [1.82, 2.24) is 0 Å². The van der Waals surface area contributed by atoms with E-state index in [1.807, 2.05) is 0 Å². The third-order valence-corrected chi connectivity index (χ3v) is 0.730. The van der Waals surface area contributed by atoms with Crippen LogP contribution in [0, 0.1) is 0 Å². The van der Waals surface area contributed by atoms with Crippen molar-refractivity contribution >= 4 is 18.4 Å². The van der Waals surface area contributed by atoms with E-state index >= 15 is 0 Å². The van der Waals surface area contributed by atoms with Crippen LogP contribution >= 0.6 is 0 Å². The normalized spacial score (nSPS) is 6.80. The summed E-state index contributed by atoms with van der Waals surface area (Å²) in [6.45, 7) is 8.95. The molecule has 15 heavy (non-hydrogen) atoms. The SMILES string of the molecule is C=C(C)C(=O)O.C=C(C)C(=O)O.O=CO. The molecule has 0 spiro atoms. The van der Waals surface area contributed by atoms with Gasteiger partial charge in [0.2, 0.25) is 0 Å². The zero-order chi connectivity index (χ0) is 13.0. The number of hydrogen-bond donors (Lipinski definition) is 3. The number of carbonyl (C=O) groups is 3. The molecular weight excluding hydrogens is 204 g/mol. The van der Waals surface area contributed by atoms with Gasteiger partial charge >= 0.3 is 11.9 Å². The largest absolute Gasteiger partial charge is 0.483 e. The zero-order valence-corrected chi connectivity index (χ0v) is 8.56. The van der Waals surface area contributed by atoms with E-state index in [0.29, 0.717) is 0 Å². The van der Waals surface area contributed by atoms with Crippen LogP contribution in [-0.2, 0) is 14.4 Å². The highest BCUT2D eigenvalue weighted by atomic mass is 16.4. The van der Waals surface area contributed by atoms with E-state index in [4.69, 9.17) is 20.1 Å². The summed E-state index contributed by atoms with van der Waals surface area (Å²) in [6.07, 6.45) is 0. The Bertz CT molecular complexity index is 205. The monoisotopic (exact) mass is 218 g/mol. The minimum absolute atomic E-state index is 0.176. The van der Waals surface area contributed by atoms with Gasteiger partial charge in [0.05, 0.1) is 0 Å². The van der Waals surface area contributed by atoms with Gasteiger partial charge in [0.1, 0.15) is 0 Å². The van der Waals surface area contributed by atoms with Crippen molar-refractivity contribution in [2.24, 2.45) is 0 Å². The molecule has 0 fully saturated rings. The van der Waals surface area contributed by atoms with Gasteiger partial charge in [0.25, 0.3) is 6.47 Å². The highest BCUT2D eigenvalue weighted by Crippen LogP contribution is 1.81. The van der Waals surface area contributed by atoms with E-state index < -0.39 is 11.9 Å². The average molecular weight is 218 g/mol. The van der Waals surface area contributed by atoms with E-state index in [1.54, 1.807) is 0 Å². The molecule has 0 aromatic carbocycles. The van der Waals surface area contributed by atoms with Gasteiger partial charge < -0.3 is 15.3 Å². The summed E-state index contributed by atoms with van der Waals surface area (Å²) in [4.78, 5) is 27.6. The van der Waals surface area contributed by atoms with Crippen molar-refractivity contribution in [2.75, 3.05) is 0 Å². The Hall–Kier alpha value is -2.11. The standard InChI is InChI=1S/2C4H6O2.CH2O2/c2*1-3(2)4(5)6;2-1-3/h2*1H2,2H3,(H,5,6);1H,(H,2,3). The Morgan fingerprint density at radius 3 is 1.07 bits per heavy atom. The third kappa shape index (κ3) is 33.5. The van der Waals surface area contributed by atoms with Crippen molar-refractivity contribution in [3.05, 3.63) is 24.3 Å². The molecule has 0 amide bonds. The summed E-state index contributed by atoms with van der Waals surface area (Å²) in [5.74, 6) is -1.87. The Morgan fingerprint density at radius 2 is 1.07 bits per heavy atom. The maximum absolute atomic E-state index is 9.60. The fourth-order valence-corrected chi connectivity index (χ4v) is 0. The van der Waals surface area contributed by atoms with E-state index in [0.717, 1.165) is 0 Å². The molecule has 86 valence electrons. The molecule has 3 N–H and O–H groups in total. The average Bonchev–Trinajstić information content (AvgIpc) is 2.06. The van der Waals surface area contributed by atoms with Gasteiger partial charge in [0.15, 0.2) is 0 Å². The van der Waals surface area contributed by atoms with Crippen LogP contribution in [0.2, 0.25) is 0 Å². The molecule has 0 aliphatic heterocycles. The van der Waals surface area contributed by atoms with Crippen LogP contribution in [0.15, 0.2) is 24.3 Å². The third-order valence-electron chi connectivity index (χ3n) is 0.730. The highest BCUT2D eigenvalue weighted by molar-refractivity contribution is 5.85. The van der Waals surface area contributed by atoms with Crippen molar-refractivity contribution in [3.63, 3.8) is 0 Å². The van der Waals surface area contributed by atoms with Gasteiger partial charge in [-0.3, -0.25) is 4.79 Å². The van der Waals surface area contributed by atoms with Crippen molar-refractivity contribution in [3.8, 4) is 0 Å². The van der Waals surface area contributed by atoms with Crippen LogP contribution in [0.3, 0.4) is 0 Å². The summed E-state index contributed by atoms with van der Waals surface area (Å²) >= 11 is 0. The fourth-order valence-electron chi connectivity index (χ4n) is 0. The first-order valence-electron chi connectivity index (χ1n) is 3.56. The van der Waals surface area contributed by atoms with Gasteiger partial charge in [-0.05, 0) is 13.8 Å². The van der Waals surface area contributed by atoms with Crippen LogP contribution in [0.5, 0.6) is 0 Å². The van der Waals surface area contributed by atoms with Gasteiger partial charge in [-0.2, -0.15) is 0 Å². The number of rotatable bonds is 2. The second-order valence-electron chi connectivity index (χ2n) is 2.28. The second-order valence-corrected chi connectivity index (χ2v) is 2.28. The molecule has 0 rings (SSSR count). The van der Waals surface area contributed by atoms with Gasteiger partial charge in [-0.25, -0.2) is 9.59 Å². The lowest BCUT2D eigenvalue weighted by atomic mass is 10.4. The number of hydrogen-bond acceptors (Lipinski definition) is 3. The lowest BCUT2D eigenvalue weighted by Crippen LogP contribution is -1.92. The van der Waals surface area contributed by atoms with E-state index in [1.165, 1.54) is 13.8 Å². The molecule has 0 aromatic rings. The smallest absolute Gasteiger partial charge is 0.330 e. The maximum atomic E-state index is 9.60. The fraction of sp³-hybridized carbons (Fsp3) is 0.222. The predicted molar refractivity (Wildman–Crippen MR) is 53.6 cm³/mol. The van der Waals surface area contributed by atoms with Crippen LogP contribution in [-0.4, -0.2) is 33.7 Å². The Labute approximate surface area is 87.2 Å². The molecule has 0 aliphatic rings. The molecule has 0 bridgehead atoms. The van der Waals surface area contributed by atoms with E-state index in [-0.39, 0.29) is 17.6 Å². The molecule has 6 heteroatoms. The minimum Gasteiger partial charge on any atom is -0.483 e. The van der Waals surface area contributed by atoms with E-state index in [2.05, 4.69) is 13.2 Å². The molecule has 0 radical (unpaired) electrons. The molecule has 0 unspecified atom stereocenters. The minimum atomic E-state index is -0.935. The number of aliphatic carboxylic acids is 2. The van der Waals surface area contributed by atoms with Crippen LogP contribution in [0.1, 0.15) is 13.8 Å². The quantitative estimate of drug-likeness (QED) is 0.470. The zero-order valence-electron chi connectivity index (χ0n) is 8.56. The van der Waals surface area contributed by atoms with Crippen LogP contribution in [0.25, 0.3) is 0 Å². The van der Waals surface area contributed by atoms with Crippen molar-refractivity contribution in [2.45, 2.75) is 13.8 Å². The summed E-state index contributed by atoms with van der Waals surface area (Å²) in [7, 11) is 0. The van der Waals surface area contributed by atoms with Gasteiger partial charge in [-0.1, -0.05) is 13.2 Å². The Kier molecular flexibility index (Phi) is 14.8. The lowest BCUT2D eigenvalue weighted by Gasteiger charge is -1.79. The summed E-state index contributed by atoms with van der Waals surface area (Å²) in [5, 5.41) is 22.7. The molecule has 0 saturated heterocycles. The van der Waals surface area contributed by atoms with E-state index in [9.17, 15) is 9.59 Å². The Morgan fingerprint density at radius 1 is 1.00 bits per heavy atom. The predicted octanol–water partition coefficient (Wildman–Crippen LogP) is 0.995. The number of carboxylic acid groups (broad SMARTS) is 3. The highest BCUT2D eigenvalue weighted by Gasteiger charge is 1.90. The maximum Gasteiger partial charge on any atom is 0.330 e. The molecule has 6 nitrogen and oxygen atoms in total. The molecular formula is C9H14O6. The molecule has 0 heterocycles.